The van der Waals surface area contributed by atoms with E-state index < -0.39 is 0 Å². The lowest BCUT2D eigenvalue weighted by atomic mass is 9.99. The standard InChI is InChI=1S/C13H13NOS.ClH/c14-13(11-4-6-16-8-11)10-1-2-12-9(7-10)3-5-15-12;/h1-2,4,6-8,13H,3,5,14H2;1H/t13-;/m1./s1. The maximum absolute atomic E-state index is 6.22. The molecule has 0 amide bonds. The first-order chi connectivity index (χ1) is 7.84. The Morgan fingerprint density at radius 3 is 2.88 bits per heavy atom. The lowest BCUT2D eigenvalue weighted by Crippen LogP contribution is -2.10. The van der Waals surface area contributed by atoms with Crippen molar-refractivity contribution in [3.63, 3.8) is 0 Å². The van der Waals surface area contributed by atoms with Crippen molar-refractivity contribution < 1.29 is 4.74 Å². The van der Waals surface area contributed by atoms with Crippen molar-refractivity contribution in [2.45, 2.75) is 12.5 Å². The first-order valence-electron chi connectivity index (χ1n) is 5.38. The molecule has 0 aliphatic carbocycles. The predicted octanol–water partition coefficient (Wildman–Crippen LogP) is 3.15. The van der Waals surface area contributed by atoms with E-state index in [1.807, 2.05) is 6.07 Å². The molecular formula is C13H14ClNOS. The number of benzene rings is 1. The van der Waals surface area contributed by atoms with Gasteiger partial charge in [0.05, 0.1) is 12.6 Å². The van der Waals surface area contributed by atoms with Crippen LogP contribution in [0.5, 0.6) is 5.75 Å². The van der Waals surface area contributed by atoms with Crippen LogP contribution in [0.3, 0.4) is 0 Å². The van der Waals surface area contributed by atoms with Crippen LogP contribution in [-0.4, -0.2) is 6.61 Å². The third kappa shape index (κ3) is 2.32. The maximum Gasteiger partial charge on any atom is 0.122 e. The summed E-state index contributed by atoms with van der Waals surface area (Å²) in [5, 5.41) is 4.17. The first kappa shape index (κ1) is 12.4. The second-order valence-corrected chi connectivity index (χ2v) is 4.78. The first-order valence-corrected chi connectivity index (χ1v) is 6.32. The number of thiophene rings is 1. The zero-order valence-electron chi connectivity index (χ0n) is 9.26. The Labute approximate surface area is 111 Å². The van der Waals surface area contributed by atoms with Gasteiger partial charge in [0.15, 0.2) is 0 Å². The monoisotopic (exact) mass is 267 g/mol. The summed E-state index contributed by atoms with van der Waals surface area (Å²) in [6.45, 7) is 0.798. The quantitative estimate of drug-likeness (QED) is 0.907. The van der Waals surface area contributed by atoms with Gasteiger partial charge in [0.25, 0.3) is 0 Å². The zero-order valence-corrected chi connectivity index (χ0v) is 10.9. The van der Waals surface area contributed by atoms with Crippen LogP contribution in [0.25, 0.3) is 0 Å². The molecule has 0 spiro atoms. The number of hydrogen-bond donors (Lipinski definition) is 1. The Balaban J connectivity index is 0.00000108. The largest absolute Gasteiger partial charge is 0.493 e. The van der Waals surface area contributed by atoms with Crippen LogP contribution < -0.4 is 10.5 Å². The Morgan fingerprint density at radius 1 is 1.24 bits per heavy atom. The van der Waals surface area contributed by atoms with E-state index in [4.69, 9.17) is 10.5 Å². The summed E-state index contributed by atoms with van der Waals surface area (Å²) in [4.78, 5) is 0. The second-order valence-electron chi connectivity index (χ2n) is 4.00. The summed E-state index contributed by atoms with van der Waals surface area (Å²) in [6.07, 6.45) is 1.000. The van der Waals surface area contributed by atoms with Gasteiger partial charge in [-0.1, -0.05) is 12.1 Å². The second kappa shape index (κ2) is 5.08. The van der Waals surface area contributed by atoms with Gasteiger partial charge in [-0.05, 0) is 39.6 Å². The number of nitrogens with two attached hydrogens (primary N) is 1. The van der Waals surface area contributed by atoms with Crippen molar-refractivity contribution in [1.82, 2.24) is 0 Å². The van der Waals surface area contributed by atoms with E-state index in [1.54, 1.807) is 11.3 Å². The van der Waals surface area contributed by atoms with E-state index in [0.717, 1.165) is 18.8 Å². The molecule has 2 heterocycles. The van der Waals surface area contributed by atoms with Crippen LogP contribution in [0.1, 0.15) is 22.7 Å². The van der Waals surface area contributed by atoms with Crippen LogP contribution in [-0.2, 0) is 6.42 Å². The SMILES string of the molecule is Cl.N[C@@H](c1ccsc1)c1ccc2c(c1)CCO2. The number of fused-ring (bicyclic) bond motifs is 1. The van der Waals surface area contributed by atoms with Crippen molar-refractivity contribution in [3.05, 3.63) is 51.7 Å². The predicted molar refractivity (Wildman–Crippen MR) is 73.2 cm³/mol. The average molecular weight is 268 g/mol. The average Bonchev–Trinajstić information content (AvgIpc) is 2.98. The Morgan fingerprint density at radius 2 is 2.12 bits per heavy atom. The smallest absolute Gasteiger partial charge is 0.122 e. The van der Waals surface area contributed by atoms with Crippen LogP contribution in [0.15, 0.2) is 35.0 Å². The van der Waals surface area contributed by atoms with E-state index in [-0.39, 0.29) is 18.4 Å². The van der Waals surface area contributed by atoms with Crippen LogP contribution in [0.2, 0.25) is 0 Å². The van der Waals surface area contributed by atoms with E-state index in [0.29, 0.717) is 0 Å². The summed E-state index contributed by atoms with van der Waals surface area (Å²) >= 11 is 1.68. The van der Waals surface area contributed by atoms with Crippen molar-refractivity contribution in [3.8, 4) is 5.75 Å². The van der Waals surface area contributed by atoms with Gasteiger partial charge in [-0.25, -0.2) is 0 Å². The van der Waals surface area contributed by atoms with Gasteiger partial charge in [-0.3, -0.25) is 0 Å². The van der Waals surface area contributed by atoms with Crippen molar-refractivity contribution in [2.75, 3.05) is 6.61 Å². The summed E-state index contributed by atoms with van der Waals surface area (Å²) in [5.41, 5.74) is 9.85. The third-order valence-corrected chi connectivity index (χ3v) is 3.68. The molecule has 0 saturated heterocycles. The van der Waals surface area contributed by atoms with Gasteiger partial charge < -0.3 is 10.5 Å². The van der Waals surface area contributed by atoms with E-state index in [1.165, 1.54) is 16.7 Å². The Hall–Kier alpha value is -1.03. The highest BCUT2D eigenvalue weighted by Gasteiger charge is 2.15. The Bertz CT molecular complexity index is 498. The third-order valence-electron chi connectivity index (χ3n) is 2.97. The van der Waals surface area contributed by atoms with E-state index >= 15 is 0 Å². The molecule has 0 fully saturated rings. The lowest BCUT2D eigenvalue weighted by molar-refractivity contribution is 0.357. The molecule has 0 radical (unpaired) electrons. The Kier molecular flexibility index (Phi) is 3.72. The molecule has 2 nitrogen and oxygen atoms in total. The molecule has 17 heavy (non-hydrogen) atoms. The van der Waals surface area contributed by atoms with Gasteiger partial charge >= 0.3 is 0 Å². The fourth-order valence-electron chi connectivity index (χ4n) is 2.04. The highest BCUT2D eigenvalue weighted by Crippen LogP contribution is 2.30. The highest BCUT2D eigenvalue weighted by atomic mass is 35.5. The molecule has 2 aromatic rings. The van der Waals surface area contributed by atoms with Crippen molar-refractivity contribution in [2.24, 2.45) is 5.73 Å². The summed E-state index contributed by atoms with van der Waals surface area (Å²) in [6, 6.07) is 8.33. The van der Waals surface area contributed by atoms with Gasteiger partial charge in [-0.2, -0.15) is 11.3 Å². The van der Waals surface area contributed by atoms with Crippen LogP contribution in [0.4, 0.5) is 0 Å². The van der Waals surface area contributed by atoms with E-state index in [9.17, 15) is 0 Å². The fourth-order valence-corrected chi connectivity index (χ4v) is 2.74. The number of halogens is 1. The van der Waals surface area contributed by atoms with Crippen LogP contribution >= 0.6 is 23.7 Å². The molecule has 1 aromatic heterocycles. The molecule has 3 rings (SSSR count). The van der Waals surface area contributed by atoms with Gasteiger partial charge in [0.2, 0.25) is 0 Å². The molecule has 0 unspecified atom stereocenters. The molecule has 1 aliphatic heterocycles. The summed E-state index contributed by atoms with van der Waals surface area (Å²) in [5.74, 6) is 1.02. The van der Waals surface area contributed by atoms with Crippen LogP contribution in [0, 0.1) is 0 Å². The molecule has 90 valence electrons. The topological polar surface area (TPSA) is 35.2 Å². The zero-order chi connectivity index (χ0) is 11.0. The summed E-state index contributed by atoms with van der Waals surface area (Å²) in [7, 11) is 0. The number of rotatable bonds is 2. The van der Waals surface area contributed by atoms with Gasteiger partial charge in [0.1, 0.15) is 5.75 Å². The summed E-state index contributed by atoms with van der Waals surface area (Å²) < 4.78 is 5.49. The normalized spacial score (nSPS) is 14.6. The van der Waals surface area contributed by atoms with Gasteiger partial charge in [0, 0.05) is 6.42 Å². The lowest BCUT2D eigenvalue weighted by Gasteiger charge is -2.11. The molecule has 0 saturated carbocycles. The van der Waals surface area contributed by atoms with Gasteiger partial charge in [-0.15, -0.1) is 12.4 Å². The molecule has 1 aliphatic rings. The highest BCUT2D eigenvalue weighted by molar-refractivity contribution is 7.08. The number of ether oxygens (including phenoxy) is 1. The minimum atomic E-state index is -0.0165. The number of hydrogen-bond acceptors (Lipinski definition) is 3. The maximum atomic E-state index is 6.22. The minimum Gasteiger partial charge on any atom is -0.493 e. The molecule has 1 atom stereocenters. The fraction of sp³-hybridized carbons (Fsp3) is 0.231. The van der Waals surface area contributed by atoms with Crippen molar-refractivity contribution in [1.29, 1.82) is 0 Å². The molecular weight excluding hydrogens is 254 g/mol. The molecule has 0 bridgehead atoms. The minimum absolute atomic E-state index is 0. The van der Waals surface area contributed by atoms with E-state index in [2.05, 4.69) is 29.0 Å². The molecule has 2 N–H and O–H groups in total. The molecule has 4 heteroatoms. The van der Waals surface area contributed by atoms with Crippen molar-refractivity contribution >= 4 is 23.7 Å². The molecule has 1 aromatic carbocycles.